The van der Waals surface area contributed by atoms with Gasteiger partial charge in [-0.2, -0.15) is 0 Å². The summed E-state index contributed by atoms with van der Waals surface area (Å²) in [7, 11) is 0. The molecule has 1 atom stereocenters. The SMILES string of the molecule is CC(C)(C)CN1CC(C)(CCCN)OCC1=O. The summed E-state index contributed by atoms with van der Waals surface area (Å²) >= 11 is 0. The Morgan fingerprint density at radius 3 is 2.65 bits per heavy atom. The molecule has 2 N–H and O–H groups in total. The lowest BCUT2D eigenvalue weighted by Crippen LogP contribution is -2.55. The van der Waals surface area contributed by atoms with Gasteiger partial charge in [-0.1, -0.05) is 20.8 Å². The first-order chi connectivity index (χ1) is 7.76. The number of carbonyl (C=O) groups excluding carboxylic acids is 1. The van der Waals surface area contributed by atoms with E-state index in [9.17, 15) is 4.79 Å². The molecule has 1 aliphatic heterocycles. The third-order valence-corrected chi connectivity index (χ3v) is 3.00. The number of nitrogens with zero attached hydrogens (tertiary/aromatic N) is 1. The molecule has 1 amide bonds. The van der Waals surface area contributed by atoms with Crippen molar-refractivity contribution in [2.24, 2.45) is 11.1 Å². The zero-order valence-electron chi connectivity index (χ0n) is 11.6. The number of hydrogen-bond acceptors (Lipinski definition) is 3. The van der Waals surface area contributed by atoms with Crippen LogP contribution in [0, 0.1) is 5.41 Å². The lowest BCUT2D eigenvalue weighted by atomic mass is 9.92. The van der Waals surface area contributed by atoms with Gasteiger partial charge in [0.2, 0.25) is 5.91 Å². The number of carbonyl (C=O) groups is 1. The summed E-state index contributed by atoms with van der Waals surface area (Å²) in [6, 6.07) is 0. The van der Waals surface area contributed by atoms with Crippen LogP contribution in [0.4, 0.5) is 0 Å². The first-order valence-electron chi connectivity index (χ1n) is 6.38. The van der Waals surface area contributed by atoms with Crippen molar-refractivity contribution < 1.29 is 9.53 Å². The molecule has 0 aromatic carbocycles. The van der Waals surface area contributed by atoms with E-state index in [1.54, 1.807) is 0 Å². The Kier molecular flexibility index (Phi) is 4.55. The van der Waals surface area contributed by atoms with Crippen LogP contribution in [0.2, 0.25) is 0 Å². The molecule has 1 unspecified atom stereocenters. The standard InChI is InChI=1S/C13H26N2O2/c1-12(2,3)9-15-10-13(4,6-5-7-14)17-8-11(15)16/h5-10,14H2,1-4H3. The molecular formula is C13H26N2O2. The van der Waals surface area contributed by atoms with Gasteiger partial charge in [-0.3, -0.25) is 4.79 Å². The van der Waals surface area contributed by atoms with Crippen molar-refractivity contribution in [3.05, 3.63) is 0 Å². The second-order valence-electron chi connectivity index (χ2n) is 6.44. The highest BCUT2D eigenvalue weighted by Gasteiger charge is 2.36. The second-order valence-corrected chi connectivity index (χ2v) is 6.44. The monoisotopic (exact) mass is 242 g/mol. The lowest BCUT2D eigenvalue weighted by molar-refractivity contribution is -0.164. The zero-order chi connectivity index (χ0) is 13.1. The summed E-state index contributed by atoms with van der Waals surface area (Å²) in [5.74, 6) is 0.102. The summed E-state index contributed by atoms with van der Waals surface area (Å²) in [5.41, 5.74) is 5.44. The highest BCUT2D eigenvalue weighted by atomic mass is 16.5. The maximum absolute atomic E-state index is 11.8. The van der Waals surface area contributed by atoms with Gasteiger partial charge in [-0.25, -0.2) is 0 Å². The largest absolute Gasteiger partial charge is 0.364 e. The van der Waals surface area contributed by atoms with Crippen LogP contribution in [0.25, 0.3) is 0 Å². The fourth-order valence-corrected chi connectivity index (χ4v) is 2.21. The predicted octanol–water partition coefficient (Wildman–Crippen LogP) is 1.39. The van der Waals surface area contributed by atoms with Crippen LogP contribution < -0.4 is 5.73 Å². The summed E-state index contributed by atoms with van der Waals surface area (Å²) in [5, 5.41) is 0. The molecule has 0 radical (unpaired) electrons. The van der Waals surface area contributed by atoms with Crippen molar-refractivity contribution >= 4 is 5.91 Å². The van der Waals surface area contributed by atoms with Crippen molar-refractivity contribution in [1.82, 2.24) is 4.90 Å². The van der Waals surface area contributed by atoms with Gasteiger partial charge in [-0.15, -0.1) is 0 Å². The molecule has 1 heterocycles. The van der Waals surface area contributed by atoms with Gasteiger partial charge in [0.1, 0.15) is 6.61 Å². The molecule has 0 saturated carbocycles. The Morgan fingerprint density at radius 2 is 2.12 bits per heavy atom. The van der Waals surface area contributed by atoms with Gasteiger partial charge in [0.25, 0.3) is 0 Å². The van der Waals surface area contributed by atoms with E-state index in [2.05, 4.69) is 27.7 Å². The van der Waals surface area contributed by atoms with E-state index in [0.717, 1.165) is 19.4 Å². The fourth-order valence-electron chi connectivity index (χ4n) is 2.21. The molecule has 0 bridgehead atoms. The molecule has 100 valence electrons. The third kappa shape index (κ3) is 4.64. The van der Waals surface area contributed by atoms with E-state index in [0.29, 0.717) is 13.1 Å². The van der Waals surface area contributed by atoms with Crippen molar-refractivity contribution in [1.29, 1.82) is 0 Å². The van der Waals surface area contributed by atoms with Crippen LogP contribution in [0.3, 0.4) is 0 Å². The summed E-state index contributed by atoms with van der Waals surface area (Å²) < 4.78 is 5.68. The van der Waals surface area contributed by atoms with Crippen LogP contribution in [0.5, 0.6) is 0 Å². The first kappa shape index (κ1) is 14.5. The van der Waals surface area contributed by atoms with E-state index < -0.39 is 0 Å². The molecule has 1 aliphatic rings. The molecule has 0 aromatic heterocycles. The van der Waals surface area contributed by atoms with Crippen LogP contribution in [0.15, 0.2) is 0 Å². The topological polar surface area (TPSA) is 55.6 Å². The van der Waals surface area contributed by atoms with Crippen molar-refractivity contribution in [2.75, 3.05) is 26.2 Å². The van der Waals surface area contributed by atoms with Gasteiger partial charge in [-0.05, 0) is 31.7 Å². The van der Waals surface area contributed by atoms with Crippen molar-refractivity contribution in [3.8, 4) is 0 Å². The second kappa shape index (κ2) is 5.36. The minimum absolute atomic E-state index is 0.102. The quantitative estimate of drug-likeness (QED) is 0.810. The Balaban J connectivity index is 2.61. The lowest BCUT2D eigenvalue weighted by Gasteiger charge is -2.42. The number of amides is 1. The molecule has 4 heteroatoms. The van der Waals surface area contributed by atoms with Crippen LogP contribution >= 0.6 is 0 Å². The van der Waals surface area contributed by atoms with E-state index >= 15 is 0 Å². The van der Waals surface area contributed by atoms with Crippen LogP contribution in [-0.2, 0) is 9.53 Å². The van der Waals surface area contributed by atoms with Gasteiger partial charge < -0.3 is 15.4 Å². The average molecular weight is 242 g/mol. The fraction of sp³-hybridized carbons (Fsp3) is 0.923. The minimum Gasteiger partial charge on any atom is -0.364 e. The molecular weight excluding hydrogens is 216 g/mol. The smallest absolute Gasteiger partial charge is 0.248 e. The van der Waals surface area contributed by atoms with Crippen LogP contribution in [-0.4, -0.2) is 42.6 Å². The Hall–Kier alpha value is -0.610. The molecule has 17 heavy (non-hydrogen) atoms. The predicted molar refractivity (Wildman–Crippen MR) is 68.7 cm³/mol. The van der Waals surface area contributed by atoms with Gasteiger partial charge in [0, 0.05) is 13.1 Å². The number of rotatable bonds is 4. The molecule has 1 fully saturated rings. The Morgan fingerprint density at radius 1 is 1.47 bits per heavy atom. The van der Waals surface area contributed by atoms with Gasteiger partial charge in [0.15, 0.2) is 0 Å². The first-order valence-corrected chi connectivity index (χ1v) is 6.38. The van der Waals surface area contributed by atoms with E-state index in [1.807, 2.05) is 4.90 Å². The molecule has 0 spiro atoms. The maximum atomic E-state index is 11.8. The normalized spacial score (nSPS) is 26.4. The number of nitrogens with two attached hydrogens (primary N) is 1. The van der Waals surface area contributed by atoms with Crippen LogP contribution in [0.1, 0.15) is 40.5 Å². The van der Waals surface area contributed by atoms with Crippen molar-refractivity contribution in [2.45, 2.75) is 46.1 Å². The van der Waals surface area contributed by atoms with Gasteiger partial charge in [0.05, 0.1) is 5.60 Å². The Labute approximate surface area is 104 Å². The maximum Gasteiger partial charge on any atom is 0.248 e. The highest BCUT2D eigenvalue weighted by molar-refractivity contribution is 5.78. The molecule has 1 saturated heterocycles. The number of morpholine rings is 1. The Bertz CT molecular complexity index is 273. The minimum atomic E-state index is -0.224. The molecule has 4 nitrogen and oxygen atoms in total. The molecule has 0 aliphatic carbocycles. The van der Waals surface area contributed by atoms with Gasteiger partial charge >= 0.3 is 0 Å². The van der Waals surface area contributed by atoms with E-state index in [4.69, 9.17) is 10.5 Å². The zero-order valence-corrected chi connectivity index (χ0v) is 11.6. The number of ether oxygens (including phenoxy) is 1. The average Bonchev–Trinajstić information content (AvgIpc) is 2.19. The van der Waals surface area contributed by atoms with E-state index in [-0.39, 0.29) is 23.5 Å². The van der Waals surface area contributed by atoms with E-state index in [1.165, 1.54) is 0 Å². The highest BCUT2D eigenvalue weighted by Crippen LogP contribution is 2.26. The third-order valence-electron chi connectivity index (χ3n) is 3.00. The number of hydrogen-bond donors (Lipinski definition) is 1. The van der Waals surface area contributed by atoms with Crippen molar-refractivity contribution in [3.63, 3.8) is 0 Å². The molecule has 0 aromatic rings. The molecule has 1 rings (SSSR count). The summed E-state index contributed by atoms with van der Waals surface area (Å²) in [6.07, 6.45) is 1.85. The summed E-state index contributed by atoms with van der Waals surface area (Å²) in [6.45, 7) is 10.9. The summed E-state index contributed by atoms with van der Waals surface area (Å²) in [4.78, 5) is 13.7.